The second-order valence-electron chi connectivity index (χ2n) is 8.62. The van der Waals surface area contributed by atoms with E-state index in [-0.39, 0.29) is 31.4 Å². The molecule has 2 unspecified atom stereocenters. The van der Waals surface area contributed by atoms with E-state index in [1.165, 1.54) is 0 Å². The van der Waals surface area contributed by atoms with Crippen molar-refractivity contribution in [2.75, 3.05) is 19.8 Å². The molecule has 0 fully saturated rings. The van der Waals surface area contributed by atoms with Crippen LogP contribution in [0.4, 0.5) is 4.79 Å². The number of fused-ring (bicyclic) bond motifs is 3. The first-order valence-electron chi connectivity index (χ1n) is 11.5. The van der Waals surface area contributed by atoms with Crippen molar-refractivity contribution in [2.24, 2.45) is 5.92 Å². The summed E-state index contributed by atoms with van der Waals surface area (Å²) in [6.45, 7) is 5.82. The Morgan fingerprint density at radius 3 is 2.12 bits per heavy atom. The minimum Gasteiger partial charge on any atom is -0.480 e. The molecule has 2 atom stereocenters. The van der Waals surface area contributed by atoms with Crippen molar-refractivity contribution in [3.05, 3.63) is 59.7 Å². The molecule has 8 nitrogen and oxygen atoms in total. The van der Waals surface area contributed by atoms with Crippen molar-refractivity contribution in [1.82, 2.24) is 10.6 Å². The first kappa shape index (κ1) is 25.2. The van der Waals surface area contributed by atoms with E-state index in [1.807, 2.05) is 36.4 Å². The maximum atomic E-state index is 12.4. The van der Waals surface area contributed by atoms with Crippen molar-refractivity contribution in [3.63, 3.8) is 0 Å². The van der Waals surface area contributed by atoms with Gasteiger partial charge in [-0.1, -0.05) is 62.4 Å². The topological polar surface area (TPSA) is 114 Å². The van der Waals surface area contributed by atoms with Gasteiger partial charge >= 0.3 is 12.1 Å². The second-order valence-corrected chi connectivity index (χ2v) is 8.62. The van der Waals surface area contributed by atoms with E-state index in [2.05, 4.69) is 22.8 Å². The zero-order valence-electron chi connectivity index (χ0n) is 19.7. The van der Waals surface area contributed by atoms with Gasteiger partial charge in [-0.3, -0.25) is 4.79 Å². The van der Waals surface area contributed by atoms with E-state index in [0.717, 1.165) is 22.3 Å². The predicted molar refractivity (Wildman–Crippen MR) is 128 cm³/mol. The van der Waals surface area contributed by atoms with Gasteiger partial charge < -0.3 is 25.2 Å². The number of rotatable bonds is 11. The fourth-order valence-corrected chi connectivity index (χ4v) is 4.23. The Labute approximate surface area is 199 Å². The Balaban J connectivity index is 1.53. The first-order chi connectivity index (χ1) is 16.3. The average molecular weight is 469 g/mol. The van der Waals surface area contributed by atoms with Gasteiger partial charge in [0.25, 0.3) is 0 Å². The molecule has 182 valence electrons. The van der Waals surface area contributed by atoms with E-state index in [1.54, 1.807) is 20.8 Å². The van der Waals surface area contributed by atoms with Crippen LogP contribution in [0.1, 0.15) is 44.2 Å². The largest absolute Gasteiger partial charge is 0.480 e. The van der Waals surface area contributed by atoms with Crippen molar-refractivity contribution < 1.29 is 29.0 Å². The molecule has 2 aromatic carbocycles. The smallest absolute Gasteiger partial charge is 0.407 e. The molecule has 0 saturated carbocycles. The third-order valence-electron chi connectivity index (χ3n) is 5.88. The molecule has 2 amide bonds. The number of carboxylic acid groups (broad SMARTS) is 1. The summed E-state index contributed by atoms with van der Waals surface area (Å²) in [7, 11) is 0. The number of hydrogen-bond acceptors (Lipinski definition) is 5. The van der Waals surface area contributed by atoms with Crippen molar-refractivity contribution in [2.45, 2.75) is 45.3 Å². The van der Waals surface area contributed by atoms with E-state index >= 15 is 0 Å². The van der Waals surface area contributed by atoms with Gasteiger partial charge in [-0.25, -0.2) is 9.59 Å². The number of ether oxygens (including phenoxy) is 2. The molecule has 0 bridgehead atoms. The van der Waals surface area contributed by atoms with Crippen LogP contribution >= 0.6 is 0 Å². The Morgan fingerprint density at radius 1 is 1.00 bits per heavy atom. The number of amides is 2. The SMILES string of the molecule is CCOC(CNC(=O)OCC1c2ccccc2-c2ccccc21)CC(=O)NC(C(=O)O)C(C)C. The van der Waals surface area contributed by atoms with Crippen LogP contribution < -0.4 is 10.6 Å². The van der Waals surface area contributed by atoms with E-state index in [9.17, 15) is 19.5 Å². The Kier molecular flexibility index (Phi) is 8.65. The second kappa shape index (κ2) is 11.7. The Hall–Kier alpha value is -3.39. The molecule has 3 N–H and O–H groups in total. The van der Waals surface area contributed by atoms with Gasteiger partial charge in [0, 0.05) is 19.1 Å². The molecule has 8 heteroatoms. The molecular weight excluding hydrogens is 436 g/mol. The van der Waals surface area contributed by atoms with Crippen LogP contribution in [0.2, 0.25) is 0 Å². The van der Waals surface area contributed by atoms with E-state index in [4.69, 9.17) is 9.47 Å². The van der Waals surface area contributed by atoms with Crippen molar-refractivity contribution in [1.29, 1.82) is 0 Å². The molecule has 0 heterocycles. The Morgan fingerprint density at radius 2 is 1.59 bits per heavy atom. The highest BCUT2D eigenvalue weighted by atomic mass is 16.5. The van der Waals surface area contributed by atoms with Gasteiger partial charge in [-0.15, -0.1) is 0 Å². The highest BCUT2D eigenvalue weighted by Gasteiger charge is 2.29. The van der Waals surface area contributed by atoms with Crippen LogP contribution in [-0.2, 0) is 19.1 Å². The third kappa shape index (κ3) is 6.14. The maximum absolute atomic E-state index is 12.4. The number of aliphatic carboxylic acids is 1. The molecule has 0 radical (unpaired) electrons. The molecule has 0 saturated heterocycles. The summed E-state index contributed by atoms with van der Waals surface area (Å²) in [4.78, 5) is 36.1. The van der Waals surface area contributed by atoms with Gasteiger partial charge in [-0.2, -0.15) is 0 Å². The van der Waals surface area contributed by atoms with Gasteiger partial charge in [0.15, 0.2) is 0 Å². The first-order valence-corrected chi connectivity index (χ1v) is 11.5. The lowest BCUT2D eigenvalue weighted by molar-refractivity contribution is -0.143. The normalized spacial score (nSPS) is 14.1. The van der Waals surface area contributed by atoms with Crippen molar-refractivity contribution in [3.8, 4) is 11.1 Å². The number of nitrogens with one attached hydrogen (secondary N) is 2. The highest BCUT2D eigenvalue weighted by molar-refractivity contribution is 5.84. The maximum Gasteiger partial charge on any atom is 0.407 e. The van der Waals surface area contributed by atoms with E-state index in [0.29, 0.717) is 6.61 Å². The summed E-state index contributed by atoms with van der Waals surface area (Å²) in [5.74, 6) is -1.84. The van der Waals surface area contributed by atoms with Crippen LogP contribution in [0.5, 0.6) is 0 Å². The van der Waals surface area contributed by atoms with Gasteiger partial charge in [0.05, 0.1) is 12.5 Å². The molecular formula is C26H32N2O6. The standard InChI is InChI=1S/C26H32N2O6/c1-4-33-17(13-23(29)28-24(16(2)3)25(30)31)14-27-26(32)34-15-22-20-11-7-5-9-18(20)19-10-6-8-12-21(19)22/h5-12,16-17,22,24H,4,13-15H2,1-3H3,(H,27,32)(H,28,29)(H,30,31). The summed E-state index contributed by atoms with van der Waals surface area (Å²) >= 11 is 0. The van der Waals surface area contributed by atoms with E-state index < -0.39 is 30.1 Å². The van der Waals surface area contributed by atoms with Crippen LogP contribution in [0.3, 0.4) is 0 Å². The highest BCUT2D eigenvalue weighted by Crippen LogP contribution is 2.44. The third-order valence-corrected chi connectivity index (χ3v) is 5.88. The number of alkyl carbamates (subject to hydrolysis) is 1. The Bertz CT molecular complexity index is 976. The summed E-state index contributed by atoms with van der Waals surface area (Å²) in [5.41, 5.74) is 4.54. The fraction of sp³-hybridized carbons (Fsp3) is 0.423. The number of carboxylic acids is 1. The average Bonchev–Trinajstić information content (AvgIpc) is 3.13. The van der Waals surface area contributed by atoms with Gasteiger partial charge in [-0.05, 0) is 35.1 Å². The number of hydrogen-bond donors (Lipinski definition) is 3. The lowest BCUT2D eigenvalue weighted by atomic mass is 9.98. The quantitative estimate of drug-likeness (QED) is 0.465. The number of benzene rings is 2. The minimum atomic E-state index is -1.09. The van der Waals surface area contributed by atoms with Gasteiger partial charge in [0.1, 0.15) is 12.6 Å². The zero-order valence-corrected chi connectivity index (χ0v) is 19.7. The summed E-state index contributed by atoms with van der Waals surface area (Å²) < 4.78 is 11.1. The number of carbonyl (C=O) groups excluding carboxylic acids is 2. The lowest BCUT2D eigenvalue weighted by Crippen LogP contribution is -2.46. The number of carbonyl (C=O) groups is 3. The predicted octanol–water partition coefficient (Wildman–Crippen LogP) is 3.55. The monoisotopic (exact) mass is 468 g/mol. The molecule has 0 spiro atoms. The van der Waals surface area contributed by atoms with Crippen LogP contribution in [-0.4, -0.2) is 55.0 Å². The van der Waals surface area contributed by atoms with Crippen molar-refractivity contribution >= 4 is 18.0 Å². The molecule has 3 rings (SSSR count). The summed E-state index contributed by atoms with van der Waals surface area (Å²) in [5, 5.41) is 14.4. The fourth-order valence-electron chi connectivity index (χ4n) is 4.23. The molecule has 34 heavy (non-hydrogen) atoms. The van der Waals surface area contributed by atoms with Crippen LogP contribution in [0, 0.1) is 5.92 Å². The van der Waals surface area contributed by atoms with Gasteiger partial charge in [0.2, 0.25) is 5.91 Å². The van der Waals surface area contributed by atoms with Crippen LogP contribution in [0.15, 0.2) is 48.5 Å². The minimum absolute atomic E-state index is 0.0457. The van der Waals surface area contributed by atoms with Crippen LogP contribution in [0.25, 0.3) is 11.1 Å². The molecule has 1 aliphatic rings. The lowest BCUT2D eigenvalue weighted by Gasteiger charge is -2.21. The zero-order chi connectivity index (χ0) is 24.7. The summed E-state index contributed by atoms with van der Waals surface area (Å²) in [6, 6.07) is 15.2. The molecule has 2 aromatic rings. The molecule has 0 aromatic heterocycles. The summed E-state index contributed by atoms with van der Waals surface area (Å²) in [6.07, 6.45) is -1.28. The molecule has 1 aliphatic carbocycles. The molecule has 0 aliphatic heterocycles.